The normalized spacial score (nSPS) is 18.6. The molecule has 32 heavy (non-hydrogen) atoms. The van der Waals surface area contributed by atoms with Gasteiger partial charge in [0.25, 0.3) is 11.8 Å². The van der Waals surface area contributed by atoms with Crippen molar-refractivity contribution in [3.05, 3.63) is 41.6 Å². The fourth-order valence-corrected chi connectivity index (χ4v) is 4.66. The number of hydrogen-bond donors (Lipinski definition) is 1. The van der Waals surface area contributed by atoms with Gasteiger partial charge < -0.3 is 9.47 Å². The Kier molecular flexibility index (Phi) is 6.12. The molecule has 168 valence electrons. The Morgan fingerprint density at radius 1 is 1.12 bits per heavy atom. The summed E-state index contributed by atoms with van der Waals surface area (Å²) in [4.78, 5) is 53.7. The predicted octanol–water partition coefficient (Wildman–Crippen LogP) is 2.91. The van der Waals surface area contributed by atoms with E-state index in [0.717, 1.165) is 36.6 Å². The maximum Gasteiger partial charge on any atom is 0.331 e. The Morgan fingerprint density at radius 2 is 1.81 bits per heavy atom. The number of fused-ring (bicyclic) bond motifs is 1. The van der Waals surface area contributed by atoms with Crippen LogP contribution in [0, 0.1) is 0 Å². The van der Waals surface area contributed by atoms with Crippen molar-refractivity contribution in [1.29, 1.82) is 0 Å². The first-order valence-electron chi connectivity index (χ1n) is 11.2. The Hall–Kier alpha value is -3.42. The van der Waals surface area contributed by atoms with Gasteiger partial charge in [-0.3, -0.25) is 24.6 Å². The number of urea groups is 1. The highest BCUT2D eigenvalue weighted by Gasteiger charge is 2.40. The summed E-state index contributed by atoms with van der Waals surface area (Å²) >= 11 is 0. The number of nitrogens with zero attached hydrogens (tertiary/aromatic N) is 3. The van der Waals surface area contributed by atoms with Crippen molar-refractivity contribution in [2.45, 2.75) is 52.1 Å². The highest BCUT2D eigenvalue weighted by molar-refractivity contribution is 6.31. The summed E-state index contributed by atoms with van der Waals surface area (Å²) in [6.45, 7) is 5.31. The van der Waals surface area contributed by atoms with E-state index in [1.54, 1.807) is 11.1 Å². The van der Waals surface area contributed by atoms with Gasteiger partial charge in [0.05, 0.1) is 0 Å². The number of likely N-dealkylation sites (N-methyl/N-ethyl adjacent to an activating group) is 1. The number of amides is 5. The van der Waals surface area contributed by atoms with Crippen molar-refractivity contribution in [3.8, 4) is 0 Å². The zero-order valence-electron chi connectivity index (χ0n) is 18.5. The molecule has 0 atom stereocenters. The van der Waals surface area contributed by atoms with E-state index in [2.05, 4.69) is 5.32 Å². The fraction of sp³-hybridized carbons (Fsp3) is 0.417. The van der Waals surface area contributed by atoms with Crippen molar-refractivity contribution < 1.29 is 19.2 Å². The lowest BCUT2D eigenvalue weighted by atomic mass is 10.0. The fourth-order valence-electron chi connectivity index (χ4n) is 4.66. The Morgan fingerprint density at radius 3 is 2.50 bits per heavy atom. The van der Waals surface area contributed by atoms with Gasteiger partial charge in [-0.2, -0.15) is 0 Å². The first-order valence-corrected chi connectivity index (χ1v) is 11.2. The van der Waals surface area contributed by atoms with Crippen molar-refractivity contribution >= 4 is 40.7 Å². The summed E-state index contributed by atoms with van der Waals surface area (Å²) in [6, 6.07) is 6.74. The molecular formula is C24H28N4O4. The number of aromatic nitrogens is 1. The maximum atomic E-state index is 13.1. The van der Waals surface area contributed by atoms with Gasteiger partial charge in [-0.05, 0) is 38.8 Å². The van der Waals surface area contributed by atoms with Gasteiger partial charge in [0.2, 0.25) is 5.91 Å². The van der Waals surface area contributed by atoms with Gasteiger partial charge in [-0.25, -0.2) is 4.79 Å². The smallest absolute Gasteiger partial charge is 0.331 e. The number of hydrogen-bond acceptors (Lipinski definition) is 4. The molecule has 4 rings (SSSR count). The predicted molar refractivity (Wildman–Crippen MR) is 120 cm³/mol. The van der Waals surface area contributed by atoms with E-state index < -0.39 is 17.8 Å². The Labute approximate surface area is 186 Å². The molecule has 1 aliphatic heterocycles. The van der Waals surface area contributed by atoms with Gasteiger partial charge in [0.15, 0.2) is 0 Å². The summed E-state index contributed by atoms with van der Waals surface area (Å²) < 4.78 is 1.84. The van der Waals surface area contributed by atoms with Crippen LogP contribution in [-0.4, -0.2) is 57.3 Å². The molecule has 1 N–H and O–H groups in total. The van der Waals surface area contributed by atoms with Crippen molar-refractivity contribution in [3.63, 3.8) is 0 Å². The number of barbiturate groups is 1. The molecule has 0 unspecified atom stereocenters. The second kappa shape index (κ2) is 8.98. The van der Waals surface area contributed by atoms with Gasteiger partial charge in [0, 0.05) is 41.8 Å². The molecule has 2 aromatic rings. The van der Waals surface area contributed by atoms with E-state index in [1.165, 1.54) is 11.0 Å². The summed E-state index contributed by atoms with van der Waals surface area (Å²) in [5, 5.41) is 3.15. The summed E-state index contributed by atoms with van der Waals surface area (Å²) in [5.41, 5.74) is 1.44. The van der Waals surface area contributed by atoms with E-state index >= 15 is 0 Å². The molecule has 5 amide bonds. The maximum absolute atomic E-state index is 13.1. The zero-order valence-corrected chi connectivity index (χ0v) is 18.5. The molecule has 2 fully saturated rings. The third-order valence-electron chi connectivity index (χ3n) is 6.36. The summed E-state index contributed by atoms with van der Waals surface area (Å²) in [7, 11) is 0. The lowest BCUT2D eigenvalue weighted by Gasteiger charge is -2.31. The third-order valence-corrected chi connectivity index (χ3v) is 6.36. The van der Waals surface area contributed by atoms with Crippen LogP contribution >= 0.6 is 0 Å². The first-order chi connectivity index (χ1) is 15.4. The molecule has 8 nitrogen and oxygen atoms in total. The molecule has 0 bridgehead atoms. The monoisotopic (exact) mass is 436 g/mol. The minimum Gasteiger partial charge on any atom is -0.342 e. The number of para-hydroxylation sites is 1. The first kappa shape index (κ1) is 21.8. The van der Waals surface area contributed by atoms with Crippen LogP contribution in [-0.2, 0) is 20.9 Å². The van der Waals surface area contributed by atoms with Gasteiger partial charge >= 0.3 is 6.03 Å². The molecule has 0 radical (unpaired) electrons. The van der Waals surface area contributed by atoms with Crippen LogP contribution in [0.3, 0.4) is 0 Å². The quantitative estimate of drug-likeness (QED) is 0.557. The molecule has 1 saturated carbocycles. The Balaban J connectivity index is 1.71. The number of nitrogens with one attached hydrogen (secondary N) is 1. The van der Waals surface area contributed by atoms with Gasteiger partial charge in [-0.1, -0.05) is 31.0 Å². The highest BCUT2D eigenvalue weighted by atomic mass is 16.2. The molecule has 2 heterocycles. The standard InChI is InChI=1S/C24H28N4O4/c1-3-26(4-2)21(29)15-27-14-16(18-11-7-8-12-20(18)27)13-19-22(30)25-24(32)28(23(19)31)17-9-5-6-10-17/h7-8,11-14,17H,3-6,9-10,15H2,1-2H3,(H,25,30,32)/b19-13-. The van der Waals surface area contributed by atoms with Crippen LogP contribution in [0.15, 0.2) is 36.0 Å². The molecular weight excluding hydrogens is 408 g/mol. The number of carbonyl (C=O) groups is 4. The van der Waals surface area contributed by atoms with E-state index in [4.69, 9.17) is 0 Å². The minimum atomic E-state index is -0.690. The minimum absolute atomic E-state index is 0.000512. The SMILES string of the molecule is CCN(CC)C(=O)Cn1cc(/C=C2/C(=O)NC(=O)N(C3CCCC3)C2=O)c2ccccc21. The lowest BCUT2D eigenvalue weighted by Crippen LogP contribution is -2.57. The van der Waals surface area contributed by atoms with E-state index in [0.29, 0.717) is 18.7 Å². The van der Waals surface area contributed by atoms with E-state index in [9.17, 15) is 19.2 Å². The Bertz CT molecular complexity index is 1110. The largest absolute Gasteiger partial charge is 0.342 e. The molecule has 1 saturated heterocycles. The average Bonchev–Trinajstić information content (AvgIpc) is 3.41. The highest BCUT2D eigenvalue weighted by Crippen LogP contribution is 2.29. The van der Waals surface area contributed by atoms with Crippen molar-refractivity contribution in [2.24, 2.45) is 0 Å². The zero-order chi connectivity index (χ0) is 22.8. The summed E-state index contributed by atoms with van der Waals surface area (Å²) in [5.74, 6) is -1.24. The topological polar surface area (TPSA) is 91.7 Å². The van der Waals surface area contributed by atoms with Gasteiger partial charge in [0.1, 0.15) is 12.1 Å². The number of rotatable bonds is 6. The van der Waals surface area contributed by atoms with E-state index in [-0.39, 0.29) is 24.1 Å². The number of benzene rings is 1. The average molecular weight is 437 g/mol. The van der Waals surface area contributed by atoms with Gasteiger partial charge in [-0.15, -0.1) is 0 Å². The second-order valence-electron chi connectivity index (χ2n) is 8.23. The third kappa shape index (κ3) is 3.92. The number of imide groups is 2. The molecule has 8 heteroatoms. The van der Waals surface area contributed by atoms with Crippen LogP contribution < -0.4 is 5.32 Å². The van der Waals surface area contributed by atoms with Crippen LogP contribution in [0.4, 0.5) is 4.79 Å². The lowest BCUT2D eigenvalue weighted by molar-refractivity contribution is -0.132. The molecule has 1 aromatic carbocycles. The van der Waals surface area contributed by atoms with Crippen LogP contribution in [0.2, 0.25) is 0 Å². The van der Waals surface area contributed by atoms with E-state index in [1.807, 2.05) is 42.7 Å². The summed E-state index contributed by atoms with van der Waals surface area (Å²) in [6.07, 6.45) is 6.76. The molecule has 0 spiro atoms. The molecule has 2 aliphatic rings. The molecule has 1 aliphatic carbocycles. The van der Waals surface area contributed by atoms with Crippen LogP contribution in [0.1, 0.15) is 45.1 Å². The number of carbonyl (C=O) groups excluding carboxylic acids is 4. The van der Waals surface area contributed by atoms with Crippen LogP contribution in [0.5, 0.6) is 0 Å². The van der Waals surface area contributed by atoms with Crippen LogP contribution in [0.25, 0.3) is 17.0 Å². The molecule has 1 aromatic heterocycles. The van der Waals surface area contributed by atoms with Crippen molar-refractivity contribution in [2.75, 3.05) is 13.1 Å². The van der Waals surface area contributed by atoms with Crippen molar-refractivity contribution in [1.82, 2.24) is 19.7 Å². The second-order valence-corrected chi connectivity index (χ2v) is 8.23.